The number of hydrogen-bond acceptors (Lipinski definition) is 5. The van der Waals surface area contributed by atoms with Crippen LogP contribution in [-0.4, -0.2) is 31.6 Å². The van der Waals surface area contributed by atoms with Crippen LogP contribution in [0.1, 0.15) is 82.9 Å². The number of benzene rings is 1. The number of fused-ring (bicyclic) bond motifs is 1. The van der Waals surface area contributed by atoms with Crippen LogP contribution in [0.3, 0.4) is 0 Å². The minimum Gasteiger partial charge on any atom is -0.496 e. The predicted octanol–water partition coefficient (Wildman–Crippen LogP) is 4.57. The molecule has 0 aliphatic heterocycles. The molecule has 0 bridgehead atoms. The topological polar surface area (TPSA) is 69.7 Å². The van der Waals surface area contributed by atoms with E-state index in [1.54, 1.807) is 0 Å². The number of unbranched alkanes of at least 4 members (excludes halogenated alkanes) is 5. The lowest BCUT2D eigenvalue weighted by molar-refractivity contribution is 0.0969. The largest absolute Gasteiger partial charge is 0.496 e. The smallest absolute Gasteiger partial charge is 0.190 e. The summed E-state index contributed by atoms with van der Waals surface area (Å²) in [5.41, 5.74) is 0.576. The number of carbonyl (C=O) groups is 3. The molecule has 0 saturated heterocycles. The zero-order valence-corrected chi connectivity index (χ0v) is 15.7. The summed E-state index contributed by atoms with van der Waals surface area (Å²) in [6, 6.07) is 1.52. The van der Waals surface area contributed by atoms with Gasteiger partial charge in [0.25, 0.3) is 0 Å². The zero-order valence-electron chi connectivity index (χ0n) is 15.7. The molecule has 1 aliphatic rings. The van der Waals surface area contributed by atoms with Gasteiger partial charge in [-0.1, -0.05) is 39.0 Å². The van der Waals surface area contributed by atoms with Crippen LogP contribution in [0.4, 0.5) is 0 Å². The number of ketones is 3. The number of carbonyl (C=O) groups excluding carboxylic acids is 3. The Hall–Kier alpha value is -2.43. The third kappa shape index (κ3) is 4.21. The first-order valence-corrected chi connectivity index (χ1v) is 9.14. The molecule has 5 nitrogen and oxygen atoms in total. The number of hydrogen-bond donors (Lipinski definition) is 0. The van der Waals surface area contributed by atoms with Gasteiger partial charge in [0.1, 0.15) is 11.5 Å². The molecule has 0 aromatic heterocycles. The molecule has 5 heteroatoms. The van der Waals surface area contributed by atoms with E-state index in [9.17, 15) is 14.4 Å². The average Bonchev–Trinajstić information content (AvgIpc) is 2.65. The van der Waals surface area contributed by atoms with E-state index < -0.39 is 0 Å². The molecule has 1 aliphatic carbocycles. The minimum absolute atomic E-state index is 0.103. The fraction of sp³-hybridized carbons (Fsp3) is 0.476. The quantitative estimate of drug-likeness (QED) is 0.452. The summed E-state index contributed by atoms with van der Waals surface area (Å²) in [5.74, 6) is -0.392. The van der Waals surface area contributed by atoms with Gasteiger partial charge >= 0.3 is 0 Å². The Labute approximate surface area is 154 Å². The molecule has 0 saturated carbocycles. The van der Waals surface area contributed by atoms with E-state index in [4.69, 9.17) is 9.47 Å². The molecule has 0 amide bonds. The first-order valence-electron chi connectivity index (χ1n) is 9.14. The van der Waals surface area contributed by atoms with Crippen LogP contribution < -0.4 is 9.47 Å². The lowest BCUT2D eigenvalue weighted by Crippen LogP contribution is -2.17. The van der Waals surface area contributed by atoms with Gasteiger partial charge in [0.2, 0.25) is 0 Å². The molecular formula is C21H26O5. The fourth-order valence-corrected chi connectivity index (χ4v) is 3.22. The van der Waals surface area contributed by atoms with Crippen LogP contribution in [0.5, 0.6) is 11.5 Å². The predicted molar refractivity (Wildman–Crippen MR) is 99.7 cm³/mol. The van der Waals surface area contributed by atoms with E-state index in [2.05, 4.69) is 6.92 Å². The summed E-state index contributed by atoms with van der Waals surface area (Å²) < 4.78 is 10.6. The number of allylic oxidation sites excluding steroid dienone is 2. The van der Waals surface area contributed by atoms with E-state index in [1.165, 1.54) is 51.7 Å². The molecule has 0 unspecified atom stereocenters. The second kappa shape index (κ2) is 9.32. The van der Waals surface area contributed by atoms with Crippen LogP contribution in [-0.2, 0) is 0 Å². The van der Waals surface area contributed by atoms with Crippen molar-refractivity contribution in [1.29, 1.82) is 0 Å². The van der Waals surface area contributed by atoms with E-state index in [0.29, 0.717) is 12.0 Å². The number of ether oxygens (including phenoxy) is 2. The first kappa shape index (κ1) is 19.9. The van der Waals surface area contributed by atoms with Gasteiger partial charge in [-0.15, -0.1) is 0 Å². The first-order chi connectivity index (χ1) is 12.5. The number of rotatable bonds is 10. The van der Waals surface area contributed by atoms with E-state index in [0.717, 1.165) is 19.3 Å². The van der Waals surface area contributed by atoms with Crippen molar-refractivity contribution in [3.63, 3.8) is 0 Å². The summed E-state index contributed by atoms with van der Waals surface area (Å²) in [4.78, 5) is 37.2. The molecule has 0 radical (unpaired) electrons. The summed E-state index contributed by atoms with van der Waals surface area (Å²) in [7, 11) is 2.82. The highest BCUT2D eigenvalue weighted by molar-refractivity contribution is 6.25. The molecule has 1 aromatic rings. The highest BCUT2D eigenvalue weighted by Crippen LogP contribution is 2.38. The van der Waals surface area contributed by atoms with Gasteiger partial charge in [-0.2, -0.15) is 0 Å². The second-order valence-corrected chi connectivity index (χ2v) is 6.41. The molecule has 0 spiro atoms. The van der Waals surface area contributed by atoms with Gasteiger partial charge in [-0.3, -0.25) is 14.4 Å². The van der Waals surface area contributed by atoms with Crippen molar-refractivity contribution >= 4 is 17.3 Å². The van der Waals surface area contributed by atoms with Crippen LogP contribution in [0, 0.1) is 0 Å². The van der Waals surface area contributed by atoms with Gasteiger partial charge in [0, 0.05) is 6.42 Å². The summed E-state index contributed by atoms with van der Waals surface area (Å²) in [6.07, 6.45) is 9.28. The molecule has 140 valence electrons. The molecule has 26 heavy (non-hydrogen) atoms. The Morgan fingerprint density at radius 2 is 1.50 bits per heavy atom. The van der Waals surface area contributed by atoms with E-state index in [-0.39, 0.29) is 40.0 Å². The van der Waals surface area contributed by atoms with E-state index in [1.807, 2.05) is 0 Å². The normalized spacial score (nSPS) is 12.9. The second-order valence-electron chi connectivity index (χ2n) is 6.41. The van der Waals surface area contributed by atoms with Gasteiger partial charge in [0.15, 0.2) is 17.3 Å². The van der Waals surface area contributed by atoms with Crippen molar-refractivity contribution in [2.75, 3.05) is 14.2 Å². The van der Waals surface area contributed by atoms with Crippen molar-refractivity contribution in [2.45, 2.75) is 51.9 Å². The Morgan fingerprint density at radius 1 is 0.885 bits per heavy atom. The summed E-state index contributed by atoms with van der Waals surface area (Å²) in [6.45, 7) is 2.17. The van der Waals surface area contributed by atoms with Crippen LogP contribution in [0.25, 0.3) is 0 Å². The number of methoxy groups -OCH3 is 2. The highest BCUT2D eigenvalue weighted by atomic mass is 16.5. The lowest BCUT2D eigenvalue weighted by atomic mass is 9.89. The van der Waals surface area contributed by atoms with Crippen LogP contribution >= 0.6 is 0 Å². The minimum atomic E-state index is -0.357. The molecule has 1 aromatic carbocycles. The van der Waals surface area contributed by atoms with Crippen molar-refractivity contribution in [1.82, 2.24) is 0 Å². The molecular weight excluding hydrogens is 332 g/mol. The van der Waals surface area contributed by atoms with Gasteiger partial charge < -0.3 is 9.47 Å². The highest BCUT2D eigenvalue weighted by Gasteiger charge is 2.31. The summed E-state index contributed by atoms with van der Waals surface area (Å²) in [5, 5.41) is 0. The van der Waals surface area contributed by atoms with Crippen molar-refractivity contribution < 1.29 is 23.9 Å². The van der Waals surface area contributed by atoms with Gasteiger partial charge in [0.05, 0.1) is 30.9 Å². The maximum absolute atomic E-state index is 12.7. The van der Waals surface area contributed by atoms with Crippen molar-refractivity contribution in [3.05, 3.63) is 34.9 Å². The van der Waals surface area contributed by atoms with Crippen LogP contribution in [0.2, 0.25) is 0 Å². The van der Waals surface area contributed by atoms with E-state index >= 15 is 0 Å². The molecule has 0 heterocycles. The van der Waals surface area contributed by atoms with Crippen molar-refractivity contribution in [3.8, 4) is 11.5 Å². The third-order valence-corrected chi connectivity index (χ3v) is 4.60. The van der Waals surface area contributed by atoms with Gasteiger partial charge in [-0.25, -0.2) is 0 Å². The third-order valence-electron chi connectivity index (χ3n) is 4.60. The zero-order chi connectivity index (χ0) is 19.1. The Morgan fingerprint density at radius 3 is 2.12 bits per heavy atom. The molecule has 0 fully saturated rings. The molecule has 0 atom stereocenters. The average molecular weight is 358 g/mol. The standard InChI is InChI=1S/C21H26O5/c1-4-5-6-7-8-9-10-15(22)14-13-18(25-2)19-16(23)11-12-17(24)20(19)21(14)26-3/h11-13H,4-10H2,1-3H3. The Bertz CT molecular complexity index is 730. The number of Topliss-reactive ketones (excluding diaryl/α,β-unsaturated/α-hetero) is 1. The fourth-order valence-electron chi connectivity index (χ4n) is 3.22. The maximum Gasteiger partial charge on any atom is 0.190 e. The maximum atomic E-state index is 12.7. The molecule has 2 rings (SSSR count). The Kier molecular flexibility index (Phi) is 7.13. The monoisotopic (exact) mass is 358 g/mol. The lowest BCUT2D eigenvalue weighted by Gasteiger charge is -2.19. The molecule has 0 N–H and O–H groups in total. The van der Waals surface area contributed by atoms with Crippen molar-refractivity contribution in [2.24, 2.45) is 0 Å². The van der Waals surface area contributed by atoms with Gasteiger partial charge in [-0.05, 0) is 24.6 Å². The Balaban J connectivity index is 2.26. The SMILES string of the molecule is CCCCCCCCC(=O)c1cc(OC)c2c(c1OC)C(=O)C=CC2=O. The van der Waals surface area contributed by atoms with Crippen LogP contribution in [0.15, 0.2) is 18.2 Å². The summed E-state index contributed by atoms with van der Waals surface area (Å²) >= 11 is 0.